The summed E-state index contributed by atoms with van der Waals surface area (Å²) in [5.41, 5.74) is 2.37. The van der Waals surface area contributed by atoms with Crippen molar-refractivity contribution in [3.63, 3.8) is 0 Å². The lowest BCUT2D eigenvalue weighted by molar-refractivity contribution is -0.123. The summed E-state index contributed by atoms with van der Waals surface area (Å²) in [7, 11) is 1.59. The van der Waals surface area contributed by atoms with Gasteiger partial charge in [0.05, 0.1) is 16.9 Å². The van der Waals surface area contributed by atoms with Crippen LogP contribution in [0.25, 0.3) is 0 Å². The third-order valence-corrected chi connectivity index (χ3v) is 3.90. The summed E-state index contributed by atoms with van der Waals surface area (Å²) in [6, 6.07) is 8.91. The van der Waals surface area contributed by atoms with E-state index in [0.29, 0.717) is 11.5 Å². The molecule has 0 bridgehead atoms. The van der Waals surface area contributed by atoms with E-state index in [0.717, 1.165) is 13.1 Å². The number of benzene rings is 1. The normalized spacial score (nSPS) is 10.7. The Hall–Kier alpha value is -1.30. The standard InChI is InChI=1S/C14H12I2N2O4/c1-20-9-2-4-12(11(15)6-9)21-8-14(19)18-17-7-10-3-5-13(16)22-10/h2-7H,8H2,1H3,(H,18,19)/b17-7+. The number of rotatable bonds is 6. The van der Waals surface area contributed by atoms with E-state index in [2.05, 4.69) is 33.1 Å². The summed E-state index contributed by atoms with van der Waals surface area (Å²) in [6.07, 6.45) is 1.43. The molecular formula is C14H12I2N2O4. The van der Waals surface area contributed by atoms with Crippen molar-refractivity contribution < 1.29 is 18.7 Å². The number of amides is 1. The van der Waals surface area contributed by atoms with Crippen LogP contribution in [-0.2, 0) is 4.79 Å². The van der Waals surface area contributed by atoms with Crippen LogP contribution in [0.3, 0.4) is 0 Å². The van der Waals surface area contributed by atoms with Crippen LogP contribution >= 0.6 is 45.2 Å². The maximum absolute atomic E-state index is 11.6. The van der Waals surface area contributed by atoms with Crippen LogP contribution in [0.1, 0.15) is 5.76 Å². The molecule has 2 rings (SSSR count). The Balaban J connectivity index is 1.81. The van der Waals surface area contributed by atoms with Gasteiger partial charge >= 0.3 is 0 Å². The molecule has 0 aliphatic heterocycles. The lowest BCUT2D eigenvalue weighted by Gasteiger charge is -2.08. The van der Waals surface area contributed by atoms with Gasteiger partial charge in [-0.05, 0) is 75.5 Å². The molecule has 116 valence electrons. The molecule has 0 unspecified atom stereocenters. The lowest BCUT2D eigenvalue weighted by atomic mass is 10.3. The average molecular weight is 526 g/mol. The van der Waals surface area contributed by atoms with Crippen molar-refractivity contribution in [2.45, 2.75) is 0 Å². The second-order valence-corrected chi connectivity index (χ2v) is 6.25. The zero-order chi connectivity index (χ0) is 15.9. The van der Waals surface area contributed by atoms with Gasteiger partial charge in [-0.1, -0.05) is 0 Å². The Morgan fingerprint density at radius 2 is 2.18 bits per heavy atom. The van der Waals surface area contributed by atoms with Gasteiger partial charge in [0.1, 0.15) is 17.3 Å². The number of hydrogen-bond donors (Lipinski definition) is 1. The number of methoxy groups -OCH3 is 1. The molecule has 0 aliphatic rings. The van der Waals surface area contributed by atoms with Crippen LogP contribution in [0.15, 0.2) is 39.9 Å². The summed E-state index contributed by atoms with van der Waals surface area (Å²) in [4.78, 5) is 11.6. The molecule has 0 saturated heterocycles. The Morgan fingerprint density at radius 1 is 1.36 bits per heavy atom. The lowest BCUT2D eigenvalue weighted by Crippen LogP contribution is -2.24. The highest BCUT2D eigenvalue weighted by atomic mass is 127. The van der Waals surface area contributed by atoms with Gasteiger partial charge in [0.15, 0.2) is 10.4 Å². The van der Waals surface area contributed by atoms with Crippen LogP contribution < -0.4 is 14.9 Å². The summed E-state index contributed by atoms with van der Waals surface area (Å²) in [6.45, 7) is -0.130. The Morgan fingerprint density at radius 3 is 2.82 bits per heavy atom. The first-order valence-electron chi connectivity index (χ1n) is 6.12. The first-order valence-corrected chi connectivity index (χ1v) is 8.28. The van der Waals surface area contributed by atoms with Crippen molar-refractivity contribution in [3.8, 4) is 11.5 Å². The molecule has 1 aromatic heterocycles. The van der Waals surface area contributed by atoms with Crippen LogP contribution in [-0.4, -0.2) is 25.8 Å². The van der Waals surface area contributed by atoms with Crippen LogP contribution in [0, 0.1) is 7.34 Å². The highest BCUT2D eigenvalue weighted by Crippen LogP contribution is 2.25. The van der Waals surface area contributed by atoms with Gasteiger partial charge in [0.25, 0.3) is 5.91 Å². The first kappa shape index (κ1) is 17.1. The monoisotopic (exact) mass is 526 g/mol. The topological polar surface area (TPSA) is 73.1 Å². The quantitative estimate of drug-likeness (QED) is 0.357. The number of nitrogens with one attached hydrogen (secondary N) is 1. The van der Waals surface area contributed by atoms with Crippen LogP contribution in [0.4, 0.5) is 0 Å². The molecule has 0 atom stereocenters. The van der Waals surface area contributed by atoms with Gasteiger partial charge in [0.2, 0.25) is 0 Å². The molecule has 6 nitrogen and oxygen atoms in total. The number of halogens is 2. The Kier molecular flexibility index (Phi) is 6.49. The maximum Gasteiger partial charge on any atom is 0.277 e. The molecule has 1 heterocycles. The molecule has 22 heavy (non-hydrogen) atoms. The van der Waals surface area contributed by atoms with E-state index < -0.39 is 0 Å². The van der Waals surface area contributed by atoms with Gasteiger partial charge in [-0.15, -0.1) is 0 Å². The van der Waals surface area contributed by atoms with Gasteiger partial charge in [-0.2, -0.15) is 5.10 Å². The second kappa shape index (κ2) is 8.36. The molecule has 0 saturated carbocycles. The maximum atomic E-state index is 11.6. The van der Waals surface area contributed by atoms with Crippen molar-refractivity contribution in [1.82, 2.24) is 5.43 Å². The summed E-state index contributed by atoms with van der Waals surface area (Å²) >= 11 is 4.16. The van der Waals surface area contributed by atoms with E-state index in [9.17, 15) is 4.79 Å². The van der Waals surface area contributed by atoms with E-state index in [4.69, 9.17) is 13.9 Å². The van der Waals surface area contributed by atoms with Crippen LogP contribution in [0.2, 0.25) is 0 Å². The molecule has 1 amide bonds. The minimum absolute atomic E-state index is 0.130. The van der Waals surface area contributed by atoms with Gasteiger partial charge in [-0.3, -0.25) is 4.79 Å². The number of furan rings is 1. The summed E-state index contributed by atoms with van der Waals surface area (Å²) < 4.78 is 17.4. The molecule has 0 radical (unpaired) electrons. The third-order valence-electron chi connectivity index (χ3n) is 2.47. The molecule has 1 N–H and O–H groups in total. The van der Waals surface area contributed by atoms with Crippen LogP contribution in [0.5, 0.6) is 11.5 Å². The molecule has 1 aromatic carbocycles. The highest BCUT2D eigenvalue weighted by molar-refractivity contribution is 14.1. The largest absolute Gasteiger partial charge is 0.497 e. The smallest absolute Gasteiger partial charge is 0.277 e. The molecule has 2 aromatic rings. The van der Waals surface area contributed by atoms with E-state index in [-0.39, 0.29) is 12.5 Å². The number of carbonyl (C=O) groups excluding carboxylic acids is 1. The molecule has 0 fully saturated rings. The summed E-state index contributed by atoms with van der Waals surface area (Å²) in [5.74, 6) is 1.56. The first-order chi connectivity index (χ1) is 10.6. The highest BCUT2D eigenvalue weighted by Gasteiger charge is 2.06. The average Bonchev–Trinajstić information content (AvgIpc) is 2.91. The molecular weight excluding hydrogens is 514 g/mol. The van der Waals surface area contributed by atoms with Crippen molar-refractivity contribution in [2.75, 3.05) is 13.7 Å². The fraction of sp³-hybridized carbons (Fsp3) is 0.143. The van der Waals surface area contributed by atoms with Gasteiger partial charge in [-0.25, -0.2) is 5.43 Å². The number of hydrogen-bond acceptors (Lipinski definition) is 5. The number of carbonyl (C=O) groups is 1. The zero-order valence-corrected chi connectivity index (χ0v) is 15.8. The Bertz CT molecular complexity index is 685. The molecule has 0 spiro atoms. The van der Waals surface area contributed by atoms with Crippen molar-refractivity contribution in [3.05, 3.63) is 43.4 Å². The van der Waals surface area contributed by atoms with Crippen molar-refractivity contribution in [2.24, 2.45) is 5.10 Å². The fourth-order valence-corrected chi connectivity index (χ4v) is 2.54. The minimum atomic E-state index is -0.357. The third kappa shape index (κ3) is 5.16. The van der Waals surface area contributed by atoms with Gasteiger partial charge in [0, 0.05) is 0 Å². The minimum Gasteiger partial charge on any atom is -0.497 e. The van der Waals surface area contributed by atoms with Crippen molar-refractivity contribution >= 4 is 57.3 Å². The summed E-state index contributed by atoms with van der Waals surface area (Å²) in [5, 5.41) is 3.79. The van der Waals surface area contributed by atoms with E-state index in [1.165, 1.54) is 6.21 Å². The van der Waals surface area contributed by atoms with Gasteiger partial charge < -0.3 is 13.9 Å². The van der Waals surface area contributed by atoms with Crippen molar-refractivity contribution in [1.29, 1.82) is 0 Å². The second-order valence-electron chi connectivity index (χ2n) is 4.02. The number of nitrogens with zero attached hydrogens (tertiary/aromatic N) is 1. The van der Waals surface area contributed by atoms with E-state index in [1.54, 1.807) is 31.4 Å². The molecule has 8 heteroatoms. The Labute approximate surface area is 154 Å². The predicted octanol–water partition coefficient (Wildman–Crippen LogP) is 3.03. The van der Waals surface area contributed by atoms with E-state index >= 15 is 0 Å². The number of ether oxygens (including phenoxy) is 2. The fourth-order valence-electron chi connectivity index (χ4n) is 1.47. The molecule has 0 aliphatic carbocycles. The number of hydrazone groups is 1. The predicted molar refractivity (Wildman–Crippen MR) is 98.4 cm³/mol. The zero-order valence-electron chi connectivity index (χ0n) is 11.5. The van der Waals surface area contributed by atoms with E-state index in [1.807, 2.05) is 28.7 Å². The SMILES string of the molecule is COc1ccc(OCC(=O)N/N=C/c2ccc(I)o2)c(I)c1.